The van der Waals surface area contributed by atoms with Gasteiger partial charge in [-0.05, 0) is 23.8 Å². The van der Waals surface area contributed by atoms with Crippen LogP contribution >= 0.6 is 0 Å². The van der Waals surface area contributed by atoms with Crippen molar-refractivity contribution in [3.8, 4) is 11.5 Å². The SMILES string of the molecule is COc1ccccc1CN(C)C(=O)COc1ccc(CN(C)S(C)(=O)=O)cc1. The molecule has 0 saturated heterocycles. The Morgan fingerprint density at radius 1 is 1.00 bits per heavy atom. The molecule has 2 aromatic carbocycles. The van der Waals surface area contributed by atoms with Crippen LogP contribution in [0.4, 0.5) is 0 Å². The maximum absolute atomic E-state index is 12.3. The van der Waals surface area contributed by atoms with Crippen molar-refractivity contribution in [1.29, 1.82) is 0 Å². The van der Waals surface area contributed by atoms with Crippen LogP contribution in [0.2, 0.25) is 0 Å². The second-order valence-electron chi connectivity index (χ2n) is 6.51. The molecule has 0 fully saturated rings. The first-order valence-corrected chi connectivity index (χ1v) is 10.5. The van der Waals surface area contributed by atoms with Crippen molar-refractivity contribution in [3.05, 3.63) is 59.7 Å². The number of methoxy groups -OCH3 is 1. The largest absolute Gasteiger partial charge is 0.496 e. The molecule has 1 amide bonds. The van der Waals surface area contributed by atoms with E-state index in [-0.39, 0.29) is 19.1 Å². The van der Waals surface area contributed by atoms with Crippen molar-refractivity contribution in [2.75, 3.05) is 34.1 Å². The average Bonchev–Trinajstić information content (AvgIpc) is 2.66. The fraction of sp³-hybridized carbons (Fsp3) is 0.350. The molecule has 0 aromatic heterocycles. The summed E-state index contributed by atoms with van der Waals surface area (Å²) < 4.78 is 35.1. The molecule has 152 valence electrons. The molecule has 0 N–H and O–H groups in total. The summed E-state index contributed by atoms with van der Waals surface area (Å²) in [6, 6.07) is 14.5. The van der Waals surface area contributed by atoms with E-state index in [1.807, 2.05) is 24.3 Å². The number of amides is 1. The Morgan fingerprint density at radius 3 is 2.25 bits per heavy atom. The van der Waals surface area contributed by atoms with Gasteiger partial charge in [-0.1, -0.05) is 30.3 Å². The van der Waals surface area contributed by atoms with E-state index in [9.17, 15) is 13.2 Å². The van der Waals surface area contributed by atoms with Gasteiger partial charge in [0.25, 0.3) is 5.91 Å². The Kier molecular flexibility index (Phi) is 7.42. The first kappa shape index (κ1) is 21.7. The number of hydrogen-bond donors (Lipinski definition) is 0. The summed E-state index contributed by atoms with van der Waals surface area (Å²) in [6.07, 6.45) is 1.16. The molecule has 0 aliphatic carbocycles. The summed E-state index contributed by atoms with van der Waals surface area (Å²) in [6.45, 7) is 0.608. The van der Waals surface area contributed by atoms with E-state index in [1.165, 1.54) is 11.4 Å². The van der Waals surface area contributed by atoms with E-state index in [0.29, 0.717) is 12.3 Å². The highest BCUT2D eigenvalue weighted by Crippen LogP contribution is 2.19. The standard InChI is InChI=1S/C20H26N2O5S/c1-21(14-17-7-5-6-8-19(17)26-3)20(23)15-27-18-11-9-16(10-12-18)13-22(2)28(4,24)25/h5-12H,13-15H2,1-4H3. The third-order valence-corrected chi connectivity index (χ3v) is 5.54. The summed E-state index contributed by atoms with van der Waals surface area (Å²) in [7, 11) is 1.60. The molecule has 0 spiro atoms. The van der Waals surface area contributed by atoms with E-state index in [0.717, 1.165) is 23.1 Å². The number of hydrogen-bond acceptors (Lipinski definition) is 5. The normalized spacial score (nSPS) is 11.3. The molecular weight excluding hydrogens is 380 g/mol. The summed E-state index contributed by atoms with van der Waals surface area (Å²) in [5.41, 5.74) is 1.75. The Hall–Kier alpha value is -2.58. The van der Waals surface area contributed by atoms with Crippen molar-refractivity contribution >= 4 is 15.9 Å². The quantitative estimate of drug-likeness (QED) is 0.638. The molecule has 0 atom stereocenters. The van der Waals surface area contributed by atoms with Crippen LogP contribution in [0.25, 0.3) is 0 Å². The Bertz CT molecular complexity index is 897. The molecule has 0 bridgehead atoms. The van der Waals surface area contributed by atoms with Gasteiger partial charge in [-0.25, -0.2) is 12.7 Å². The van der Waals surface area contributed by atoms with Crippen LogP contribution in [-0.2, 0) is 27.9 Å². The van der Waals surface area contributed by atoms with Crippen LogP contribution in [0.1, 0.15) is 11.1 Å². The lowest BCUT2D eigenvalue weighted by atomic mass is 10.2. The molecule has 0 heterocycles. The van der Waals surface area contributed by atoms with E-state index >= 15 is 0 Å². The molecule has 0 aliphatic rings. The highest BCUT2D eigenvalue weighted by Gasteiger charge is 2.13. The molecule has 0 unspecified atom stereocenters. The van der Waals surface area contributed by atoms with Gasteiger partial charge in [0.2, 0.25) is 10.0 Å². The van der Waals surface area contributed by atoms with E-state index < -0.39 is 10.0 Å². The summed E-state index contributed by atoms with van der Waals surface area (Å²) >= 11 is 0. The molecule has 0 aliphatic heterocycles. The number of carbonyl (C=O) groups is 1. The minimum absolute atomic E-state index is 0.0890. The number of likely N-dealkylation sites (N-methyl/N-ethyl adjacent to an activating group) is 1. The molecule has 7 nitrogen and oxygen atoms in total. The Labute approximate surface area is 166 Å². The molecule has 8 heteroatoms. The fourth-order valence-corrected chi connectivity index (χ4v) is 2.88. The van der Waals surface area contributed by atoms with E-state index in [4.69, 9.17) is 9.47 Å². The third-order valence-electron chi connectivity index (χ3n) is 4.28. The van der Waals surface area contributed by atoms with Crippen molar-refractivity contribution in [1.82, 2.24) is 9.21 Å². The number of carbonyl (C=O) groups excluding carboxylic acids is 1. The number of nitrogens with zero attached hydrogens (tertiary/aromatic N) is 2. The monoisotopic (exact) mass is 406 g/mol. The predicted molar refractivity (Wildman–Crippen MR) is 108 cm³/mol. The van der Waals surface area contributed by atoms with Crippen LogP contribution in [0.3, 0.4) is 0 Å². The van der Waals surface area contributed by atoms with Crippen LogP contribution in [0.15, 0.2) is 48.5 Å². The molecule has 28 heavy (non-hydrogen) atoms. The Morgan fingerprint density at radius 2 is 1.64 bits per heavy atom. The minimum atomic E-state index is -3.23. The zero-order valence-corrected chi connectivity index (χ0v) is 17.4. The number of ether oxygens (including phenoxy) is 2. The van der Waals surface area contributed by atoms with Gasteiger partial charge in [0.15, 0.2) is 6.61 Å². The van der Waals surface area contributed by atoms with Gasteiger partial charge >= 0.3 is 0 Å². The lowest BCUT2D eigenvalue weighted by Gasteiger charge is -2.19. The lowest BCUT2D eigenvalue weighted by molar-refractivity contribution is -0.132. The maximum Gasteiger partial charge on any atom is 0.260 e. The van der Waals surface area contributed by atoms with Gasteiger partial charge in [0.05, 0.1) is 13.4 Å². The second kappa shape index (κ2) is 9.57. The number of sulfonamides is 1. The van der Waals surface area contributed by atoms with E-state index in [2.05, 4.69) is 0 Å². The second-order valence-corrected chi connectivity index (χ2v) is 8.60. The summed E-state index contributed by atoms with van der Waals surface area (Å²) in [5, 5.41) is 0. The van der Waals surface area contributed by atoms with E-state index in [1.54, 1.807) is 43.3 Å². The van der Waals surface area contributed by atoms with Gasteiger partial charge in [0.1, 0.15) is 11.5 Å². The zero-order chi connectivity index (χ0) is 20.7. The number of rotatable bonds is 9. The first-order valence-electron chi connectivity index (χ1n) is 8.69. The van der Waals surface area contributed by atoms with Crippen molar-refractivity contribution in [3.63, 3.8) is 0 Å². The highest BCUT2D eigenvalue weighted by molar-refractivity contribution is 7.88. The van der Waals surface area contributed by atoms with Crippen LogP contribution in [0.5, 0.6) is 11.5 Å². The zero-order valence-electron chi connectivity index (χ0n) is 16.6. The minimum Gasteiger partial charge on any atom is -0.496 e. The topological polar surface area (TPSA) is 76.2 Å². The van der Waals surface area contributed by atoms with Crippen LogP contribution in [-0.4, -0.2) is 57.6 Å². The highest BCUT2D eigenvalue weighted by atomic mass is 32.2. The van der Waals surface area contributed by atoms with Gasteiger partial charge in [0, 0.05) is 32.7 Å². The molecular formula is C20H26N2O5S. The van der Waals surface area contributed by atoms with Crippen LogP contribution in [0, 0.1) is 0 Å². The van der Waals surface area contributed by atoms with Crippen molar-refractivity contribution in [2.24, 2.45) is 0 Å². The Balaban J connectivity index is 1.88. The maximum atomic E-state index is 12.3. The fourth-order valence-electron chi connectivity index (χ4n) is 2.50. The van der Waals surface area contributed by atoms with Crippen LogP contribution < -0.4 is 9.47 Å². The first-order chi connectivity index (χ1) is 13.2. The lowest BCUT2D eigenvalue weighted by Crippen LogP contribution is -2.31. The van der Waals surface area contributed by atoms with Gasteiger partial charge in [-0.2, -0.15) is 0 Å². The van der Waals surface area contributed by atoms with Crippen molar-refractivity contribution in [2.45, 2.75) is 13.1 Å². The predicted octanol–water partition coefficient (Wildman–Crippen LogP) is 2.12. The summed E-state index contributed by atoms with van der Waals surface area (Å²) in [4.78, 5) is 13.9. The number of benzene rings is 2. The summed E-state index contributed by atoms with van der Waals surface area (Å²) in [5.74, 6) is 1.12. The average molecular weight is 407 g/mol. The van der Waals surface area contributed by atoms with Crippen molar-refractivity contribution < 1.29 is 22.7 Å². The van der Waals surface area contributed by atoms with Gasteiger partial charge in [-0.3, -0.25) is 4.79 Å². The molecule has 0 saturated carbocycles. The molecule has 0 radical (unpaired) electrons. The molecule has 2 rings (SSSR count). The number of para-hydroxylation sites is 1. The van der Waals surface area contributed by atoms with Gasteiger partial charge in [-0.15, -0.1) is 0 Å². The van der Waals surface area contributed by atoms with Gasteiger partial charge < -0.3 is 14.4 Å². The smallest absolute Gasteiger partial charge is 0.260 e. The molecule has 2 aromatic rings. The third kappa shape index (κ3) is 6.24.